The molecule has 2 aromatic rings. The molecule has 1 unspecified atom stereocenters. The lowest BCUT2D eigenvalue weighted by Crippen LogP contribution is -2.61. The normalized spacial score (nSPS) is 25.8. The largest absolute Gasteiger partial charge is 0.401 e. The van der Waals surface area contributed by atoms with Gasteiger partial charge in [0, 0.05) is 16.3 Å². The van der Waals surface area contributed by atoms with Crippen molar-refractivity contribution in [1.29, 1.82) is 0 Å². The minimum atomic E-state index is -4.53. The van der Waals surface area contributed by atoms with E-state index in [9.17, 15) is 22.7 Å². The lowest BCUT2D eigenvalue weighted by molar-refractivity contribution is -0.186. The van der Waals surface area contributed by atoms with Crippen molar-refractivity contribution in [3.63, 3.8) is 0 Å². The van der Waals surface area contributed by atoms with E-state index in [4.69, 9.17) is 11.6 Å². The molecule has 1 aliphatic heterocycles. The third-order valence-corrected chi connectivity index (χ3v) is 5.46. The summed E-state index contributed by atoms with van der Waals surface area (Å²) in [5.41, 5.74) is 0.314. The second kappa shape index (κ2) is 6.36. The van der Waals surface area contributed by atoms with Crippen LogP contribution in [0.5, 0.6) is 0 Å². The molecular weight excluding hydrogens is 384 g/mol. The van der Waals surface area contributed by atoms with Crippen LogP contribution in [0.3, 0.4) is 0 Å². The Labute approximate surface area is 158 Å². The number of hydrogen-bond donors (Lipinski definition) is 2. The smallest absolute Gasteiger partial charge is 0.361 e. The third kappa shape index (κ3) is 3.17. The molecule has 2 atom stereocenters. The molecule has 1 aliphatic carbocycles. The summed E-state index contributed by atoms with van der Waals surface area (Å²) in [4.78, 5) is 1.01. The van der Waals surface area contributed by atoms with Gasteiger partial charge in [0.1, 0.15) is 5.82 Å². The summed E-state index contributed by atoms with van der Waals surface area (Å²) in [5, 5.41) is 13.7. The zero-order valence-electron chi connectivity index (χ0n) is 14.1. The Balaban J connectivity index is 1.99. The number of fused-ring (bicyclic) bond motifs is 1. The van der Waals surface area contributed by atoms with Gasteiger partial charge in [-0.05, 0) is 54.7 Å². The van der Waals surface area contributed by atoms with Gasteiger partial charge in [-0.2, -0.15) is 13.2 Å². The van der Waals surface area contributed by atoms with E-state index in [0.717, 1.165) is 4.90 Å². The van der Waals surface area contributed by atoms with Crippen LogP contribution in [-0.2, 0) is 5.54 Å². The second-order valence-corrected chi connectivity index (χ2v) is 7.43. The van der Waals surface area contributed by atoms with E-state index >= 15 is 0 Å². The van der Waals surface area contributed by atoms with Crippen molar-refractivity contribution >= 4 is 17.3 Å². The van der Waals surface area contributed by atoms with Crippen molar-refractivity contribution in [2.75, 3.05) is 11.9 Å². The van der Waals surface area contributed by atoms with Gasteiger partial charge in [0.15, 0.2) is 6.35 Å². The highest BCUT2D eigenvalue weighted by Gasteiger charge is 2.58. The van der Waals surface area contributed by atoms with Crippen LogP contribution in [0, 0.1) is 11.7 Å². The van der Waals surface area contributed by atoms with Crippen molar-refractivity contribution in [3.8, 4) is 0 Å². The number of nitrogens with one attached hydrogen (secondary N) is 1. The third-order valence-electron chi connectivity index (χ3n) is 5.23. The molecular formula is C19H17ClF4N2O. The quantitative estimate of drug-likeness (QED) is 0.733. The highest BCUT2D eigenvalue weighted by Crippen LogP contribution is 2.58. The lowest BCUT2D eigenvalue weighted by atomic mass is 9.75. The minimum Gasteiger partial charge on any atom is -0.361 e. The molecule has 0 bridgehead atoms. The van der Waals surface area contributed by atoms with Crippen LogP contribution in [0.25, 0.3) is 0 Å². The van der Waals surface area contributed by atoms with Crippen LogP contribution < -0.4 is 5.32 Å². The van der Waals surface area contributed by atoms with Gasteiger partial charge >= 0.3 is 6.18 Å². The Morgan fingerprint density at radius 3 is 2.41 bits per heavy atom. The van der Waals surface area contributed by atoms with Crippen molar-refractivity contribution in [3.05, 3.63) is 64.4 Å². The van der Waals surface area contributed by atoms with E-state index < -0.39 is 30.4 Å². The number of halogens is 5. The predicted octanol–water partition coefficient (Wildman–Crippen LogP) is 4.70. The fourth-order valence-corrected chi connectivity index (χ4v) is 4.32. The fraction of sp³-hybridized carbons (Fsp3) is 0.368. The maximum atomic E-state index is 13.5. The summed E-state index contributed by atoms with van der Waals surface area (Å²) in [6.45, 7) is -1.32. The SMILES string of the molecule is OC1Nc2ccc(Cl)cc2[C@@](c2ccc(F)cc2)(C2CC2)N1CC(F)(F)F. The fourth-order valence-electron chi connectivity index (χ4n) is 4.14. The molecule has 144 valence electrons. The van der Waals surface area contributed by atoms with E-state index in [-0.39, 0.29) is 5.92 Å². The molecule has 0 aromatic heterocycles. The van der Waals surface area contributed by atoms with E-state index in [1.807, 2.05) is 0 Å². The topological polar surface area (TPSA) is 35.5 Å². The van der Waals surface area contributed by atoms with Gasteiger partial charge in [-0.1, -0.05) is 23.7 Å². The molecule has 1 saturated carbocycles. The average Bonchev–Trinajstić information content (AvgIpc) is 3.42. The Bertz CT molecular complexity index is 854. The first-order valence-electron chi connectivity index (χ1n) is 8.56. The van der Waals surface area contributed by atoms with Gasteiger partial charge < -0.3 is 10.4 Å². The summed E-state index contributed by atoms with van der Waals surface area (Å²) in [5.74, 6) is -0.632. The number of anilines is 1. The molecule has 0 amide bonds. The zero-order valence-corrected chi connectivity index (χ0v) is 14.9. The van der Waals surface area contributed by atoms with Crippen molar-refractivity contribution in [1.82, 2.24) is 4.90 Å². The lowest BCUT2D eigenvalue weighted by Gasteiger charge is -2.52. The van der Waals surface area contributed by atoms with Gasteiger partial charge in [-0.25, -0.2) is 9.29 Å². The zero-order chi connectivity index (χ0) is 19.4. The molecule has 27 heavy (non-hydrogen) atoms. The van der Waals surface area contributed by atoms with Gasteiger partial charge in [-0.3, -0.25) is 0 Å². The monoisotopic (exact) mass is 400 g/mol. The summed E-state index contributed by atoms with van der Waals surface area (Å²) in [7, 11) is 0. The van der Waals surface area contributed by atoms with Crippen LogP contribution >= 0.6 is 11.6 Å². The Morgan fingerprint density at radius 2 is 1.81 bits per heavy atom. The number of aliphatic hydroxyl groups excluding tert-OH is 1. The number of nitrogens with zero attached hydrogens (tertiary/aromatic N) is 1. The highest BCUT2D eigenvalue weighted by molar-refractivity contribution is 6.30. The standard InChI is InChI=1S/C19H17ClF4N2O/c20-13-5-8-16-15(9-13)19(11-1-2-11,12-3-6-14(21)7-4-12)26(17(27)25-16)10-18(22,23)24/h3-9,11,17,25,27H,1-2,10H2/t17?,19-/m0/s1. The number of rotatable bonds is 3. The summed E-state index contributed by atoms with van der Waals surface area (Å²) < 4.78 is 53.8. The molecule has 3 nitrogen and oxygen atoms in total. The van der Waals surface area contributed by atoms with Gasteiger partial charge in [-0.15, -0.1) is 0 Å². The molecule has 0 spiro atoms. The van der Waals surface area contributed by atoms with Crippen molar-refractivity contribution in [2.24, 2.45) is 5.92 Å². The van der Waals surface area contributed by atoms with E-state index in [1.165, 1.54) is 24.3 Å². The van der Waals surface area contributed by atoms with E-state index in [1.54, 1.807) is 18.2 Å². The van der Waals surface area contributed by atoms with E-state index in [2.05, 4.69) is 5.32 Å². The Morgan fingerprint density at radius 1 is 1.15 bits per heavy atom. The van der Waals surface area contributed by atoms with Crippen molar-refractivity contribution in [2.45, 2.75) is 30.9 Å². The number of alkyl halides is 3. The van der Waals surface area contributed by atoms with Crippen LogP contribution in [0.15, 0.2) is 42.5 Å². The Kier molecular flexibility index (Phi) is 4.36. The van der Waals surface area contributed by atoms with Gasteiger partial charge in [0.05, 0.1) is 12.1 Å². The highest BCUT2D eigenvalue weighted by atomic mass is 35.5. The molecule has 2 N–H and O–H groups in total. The molecule has 4 rings (SSSR count). The predicted molar refractivity (Wildman–Crippen MR) is 93.7 cm³/mol. The molecule has 0 radical (unpaired) electrons. The Hall–Kier alpha value is -1.83. The number of hydrogen-bond acceptors (Lipinski definition) is 3. The van der Waals surface area contributed by atoms with E-state index in [0.29, 0.717) is 34.7 Å². The first kappa shape index (κ1) is 18.5. The molecule has 1 heterocycles. The molecule has 2 aromatic carbocycles. The second-order valence-electron chi connectivity index (χ2n) is 7.00. The number of benzene rings is 2. The maximum Gasteiger partial charge on any atom is 0.401 e. The van der Waals surface area contributed by atoms with Gasteiger partial charge in [0.2, 0.25) is 0 Å². The summed E-state index contributed by atoms with van der Waals surface area (Å²) in [6, 6.07) is 10.3. The summed E-state index contributed by atoms with van der Waals surface area (Å²) in [6.07, 6.45) is -4.68. The maximum absolute atomic E-state index is 13.5. The number of aliphatic hydroxyl groups is 1. The minimum absolute atomic E-state index is 0.153. The molecule has 8 heteroatoms. The first-order chi connectivity index (χ1) is 12.7. The molecule has 2 aliphatic rings. The molecule has 1 fully saturated rings. The average molecular weight is 401 g/mol. The van der Waals surface area contributed by atoms with Crippen LogP contribution in [0.2, 0.25) is 5.02 Å². The van der Waals surface area contributed by atoms with Gasteiger partial charge in [0.25, 0.3) is 0 Å². The van der Waals surface area contributed by atoms with Crippen LogP contribution in [0.1, 0.15) is 24.0 Å². The van der Waals surface area contributed by atoms with Crippen LogP contribution in [-0.4, -0.2) is 29.1 Å². The molecule has 0 saturated heterocycles. The first-order valence-corrected chi connectivity index (χ1v) is 8.94. The summed E-state index contributed by atoms with van der Waals surface area (Å²) >= 11 is 6.17. The van der Waals surface area contributed by atoms with Crippen LogP contribution in [0.4, 0.5) is 23.2 Å². The van der Waals surface area contributed by atoms with Crippen molar-refractivity contribution < 1.29 is 22.7 Å².